The fourth-order valence-corrected chi connectivity index (χ4v) is 3.75. The number of aromatic hydroxyl groups is 1. The molecule has 0 aromatic heterocycles. The third-order valence-electron chi connectivity index (χ3n) is 4.41. The molecule has 0 aliphatic heterocycles. The van der Waals surface area contributed by atoms with Crippen molar-refractivity contribution in [2.75, 3.05) is 24.2 Å². The summed E-state index contributed by atoms with van der Waals surface area (Å²) in [6.45, 7) is 0. The van der Waals surface area contributed by atoms with Gasteiger partial charge < -0.3 is 15.1 Å². The first kappa shape index (κ1) is 28.3. The highest BCUT2D eigenvalue weighted by Crippen LogP contribution is 2.29. The van der Waals surface area contributed by atoms with Gasteiger partial charge in [-0.1, -0.05) is 24.3 Å². The van der Waals surface area contributed by atoms with Crippen molar-refractivity contribution in [3.63, 3.8) is 0 Å². The molecule has 3 rings (SSSR count). The summed E-state index contributed by atoms with van der Waals surface area (Å²) in [4.78, 5) is 32.4. The van der Waals surface area contributed by atoms with Gasteiger partial charge in [-0.25, -0.2) is 13.2 Å². The van der Waals surface area contributed by atoms with Gasteiger partial charge in [-0.05, 0) is 36.4 Å². The maximum atomic E-state index is 12.7. The number of benzene rings is 3. The van der Waals surface area contributed by atoms with Crippen molar-refractivity contribution < 1.29 is 33.1 Å². The Hall–Kier alpha value is -4.98. The molecule has 0 atom stereocenters. The minimum Gasteiger partial charge on any atom is -0.507 e. The molecular formula is C23H23N5O8S. The van der Waals surface area contributed by atoms with Crippen molar-refractivity contribution in [2.24, 2.45) is 5.10 Å². The van der Waals surface area contributed by atoms with Gasteiger partial charge in [0.25, 0.3) is 15.7 Å². The van der Waals surface area contributed by atoms with E-state index in [-0.39, 0.29) is 22.7 Å². The number of nitro benzene ring substituents is 1. The highest BCUT2D eigenvalue weighted by atomic mass is 32.2. The predicted octanol–water partition coefficient (Wildman–Crippen LogP) is 2.95. The number of sulfonamides is 1. The van der Waals surface area contributed by atoms with Crippen molar-refractivity contribution in [1.29, 1.82) is 0 Å². The number of carboxylic acid groups (broad SMARTS) is 1. The number of nitro groups is 1. The number of anilines is 2. The third-order valence-corrected chi connectivity index (χ3v) is 5.78. The molecule has 0 aliphatic rings. The lowest BCUT2D eigenvalue weighted by Crippen LogP contribution is -2.16. The number of nitrogens with one attached hydrogen (secondary N) is 2. The lowest BCUT2D eigenvalue weighted by atomic mass is 10.2. The first-order valence-electron chi connectivity index (χ1n) is 10.3. The number of carbonyl (C=O) groups excluding carboxylic acids is 1. The number of amides is 1. The van der Waals surface area contributed by atoms with E-state index in [0.717, 1.165) is 24.6 Å². The lowest BCUT2D eigenvalue weighted by Gasteiger charge is -2.11. The predicted molar refractivity (Wildman–Crippen MR) is 136 cm³/mol. The van der Waals surface area contributed by atoms with Crippen LogP contribution >= 0.6 is 0 Å². The van der Waals surface area contributed by atoms with Crippen LogP contribution in [0.25, 0.3) is 0 Å². The van der Waals surface area contributed by atoms with Gasteiger partial charge in [-0.2, -0.15) is 5.10 Å². The number of phenolic OH excluding ortho intramolecular Hbond substituents is 1. The zero-order chi connectivity index (χ0) is 27.6. The summed E-state index contributed by atoms with van der Waals surface area (Å²) in [5, 5.41) is 34.2. The fourth-order valence-electron chi connectivity index (χ4n) is 2.65. The van der Waals surface area contributed by atoms with Crippen LogP contribution in [-0.4, -0.2) is 61.1 Å². The summed E-state index contributed by atoms with van der Waals surface area (Å²) in [6.07, 6.45) is 1.99. The van der Waals surface area contributed by atoms with E-state index in [9.17, 15) is 38.3 Å². The number of hydrazone groups is 1. The van der Waals surface area contributed by atoms with Gasteiger partial charge >= 0.3 is 5.97 Å². The van der Waals surface area contributed by atoms with Gasteiger partial charge in [-0.3, -0.25) is 25.1 Å². The Kier molecular flexibility index (Phi) is 9.66. The number of carbonyl (C=O) groups is 2. The van der Waals surface area contributed by atoms with E-state index >= 15 is 0 Å². The highest BCUT2D eigenvalue weighted by molar-refractivity contribution is 7.92. The highest BCUT2D eigenvalue weighted by Gasteiger charge is 2.23. The molecule has 194 valence electrons. The van der Waals surface area contributed by atoms with Gasteiger partial charge in [0, 0.05) is 25.7 Å². The quantitative estimate of drug-likeness (QED) is 0.140. The summed E-state index contributed by atoms with van der Waals surface area (Å²) in [5.41, 5.74) is 1.69. The van der Waals surface area contributed by atoms with Crippen LogP contribution in [0.1, 0.15) is 15.9 Å². The average molecular weight is 530 g/mol. The van der Waals surface area contributed by atoms with E-state index in [1.807, 2.05) is 0 Å². The van der Waals surface area contributed by atoms with Crippen LogP contribution in [0.15, 0.2) is 76.7 Å². The smallest absolute Gasteiger partial charge is 0.337 e. The van der Waals surface area contributed by atoms with Crippen LogP contribution in [0.5, 0.6) is 5.75 Å². The molecule has 0 bridgehead atoms. The molecule has 1 amide bonds. The Balaban J connectivity index is 0.000000877. The van der Waals surface area contributed by atoms with Gasteiger partial charge in [0.1, 0.15) is 11.4 Å². The molecule has 0 radical (unpaired) electrons. The van der Waals surface area contributed by atoms with Gasteiger partial charge in [0.15, 0.2) is 0 Å². The minimum atomic E-state index is -4.33. The molecule has 14 heteroatoms. The monoisotopic (exact) mass is 529 g/mol. The number of carboxylic acids is 1. The maximum absolute atomic E-state index is 12.7. The molecule has 0 fully saturated rings. The zero-order valence-corrected chi connectivity index (χ0v) is 20.4. The van der Waals surface area contributed by atoms with E-state index < -0.39 is 31.5 Å². The first-order chi connectivity index (χ1) is 17.5. The van der Waals surface area contributed by atoms with Crippen LogP contribution in [0.3, 0.4) is 0 Å². The largest absolute Gasteiger partial charge is 0.507 e. The molecule has 0 aliphatic carbocycles. The molecule has 0 unspecified atom stereocenters. The molecule has 3 aromatic rings. The first-order valence-corrected chi connectivity index (χ1v) is 11.8. The van der Waals surface area contributed by atoms with E-state index in [1.54, 1.807) is 32.3 Å². The Bertz CT molecular complexity index is 1420. The van der Waals surface area contributed by atoms with Crippen LogP contribution in [0.4, 0.5) is 17.1 Å². The van der Waals surface area contributed by atoms with E-state index in [0.29, 0.717) is 5.56 Å². The van der Waals surface area contributed by atoms with Gasteiger partial charge in [-0.15, -0.1) is 0 Å². The third kappa shape index (κ3) is 8.03. The SMILES string of the molecule is CN(C)C=O.O=C(O)c1ccccc1NS(=O)(=O)c1ccc(N/N=C/c2ccccc2O)c([N+](=O)[O-])c1. The normalized spacial score (nSPS) is 10.6. The Morgan fingerprint density at radius 3 is 2.27 bits per heavy atom. The number of hydrogen-bond acceptors (Lipinski definition) is 9. The Morgan fingerprint density at radius 2 is 1.68 bits per heavy atom. The molecule has 13 nitrogen and oxygen atoms in total. The van der Waals surface area contributed by atoms with Crippen LogP contribution in [-0.2, 0) is 14.8 Å². The van der Waals surface area contributed by atoms with Crippen LogP contribution in [0.2, 0.25) is 0 Å². The molecule has 0 saturated carbocycles. The molecule has 0 heterocycles. The van der Waals surface area contributed by atoms with Crippen molar-refractivity contribution in [1.82, 2.24) is 4.90 Å². The fraction of sp³-hybridized carbons (Fsp3) is 0.0870. The average Bonchev–Trinajstić information content (AvgIpc) is 2.85. The molecule has 0 saturated heterocycles. The second kappa shape index (κ2) is 12.6. The summed E-state index contributed by atoms with van der Waals surface area (Å²) >= 11 is 0. The van der Waals surface area contributed by atoms with Gasteiger partial charge in [0.05, 0.1) is 27.3 Å². The van der Waals surface area contributed by atoms with Crippen molar-refractivity contribution >= 4 is 45.7 Å². The van der Waals surface area contributed by atoms with E-state index in [2.05, 4.69) is 15.2 Å². The molecule has 4 N–H and O–H groups in total. The summed E-state index contributed by atoms with van der Waals surface area (Å²) in [5.74, 6) is -1.38. The standard InChI is InChI=1S/C20H16N4O7S.C3H7NO/c25-19-8-4-1-5-13(19)12-21-22-17-10-9-14(11-18(17)24(28)29)32(30,31)23-16-7-3-2-6-15(16)20(26)27;1-4(2)3-5/h1-12,22-23,25H,(H,26,27);3H,1-2H3/b21-12+;. The Labute approximate surface area is 211 Å². The summed E-state index contributed by atoms with van der Waals surface area (Å²) < 4.78 is 27.5. The number of para-hydroxylation sites is 2. The van der Waals surface area contributed by atoms with Crippen LogP contribution < -0.4 is 10.1 Å². The lowest BCUT2D eigenvalue weighted by molar-refractivity contribution is -0.384. The van der Waals surface area contributed by atoms with Crippen molar-refractivity contribution in [2.45, 2.75) is 4.90 Å². The van der Waals surface area contributed by atoms with Crippen LogP contribution in [0, 0.1) is 10.1 Å². The van der Waals surface area contributed by atoms with Gasteiger partial charge in [0.2, 0.25) is 6.41 Å². The summed E-state index contributed by atoms with van der Waals surface area (Å²) in [6, 6.07) is 14.7. The van der Waals surface area contributed by atoms with Crippen molar-refractivity contribution in [3.05, 3.63) is 88.0 Å². The second-order valence-corrected chi connectivity index (χ2v) is 9.07. The van der Waals surface area contributed by atoms with E-state index in [4.69, 9.17) is 0 Å². The number of nitrogens with zero attached hydrogens (tertiary/aromatic N) is 3. The maximum Gasteiger partial charge on any atom is 0.337 e. The molecule has 0 spiro atoms. The number of aromatic carboxylic acids is 1. The molecule has 37 heavy (non-hydrogen) atoms. The molecule has 3 aromatic carbocycles. The second-order valence-electron chi connectivity index (χ2n) is 7.39. The minimum absolute atomic E-state index is 0.0401. The summed E-state index contributed by atoms with van der Waals surface area (Å²) in [7, 11) is -0.953. The van der Waals surface area contributed by atoms with Crippen molar-refractivity contribution in [3.8, 4) is 5.75 Å². The number of rotatable bonds is 9. The number of phenols is 1. The van der Waals surface area contributed by atoms with E-state index in [1.165, 1.54) is 41.4 Å². The topological polar surface area (TPSA) is 192 Å². The zero-order valence-electron chi connectivity index (χ0n) is 19.6. The molecular weight excluding hydrogens is 506 g/mol. The Morgan fingerprint density at radius 1 is 1.05 bits per heavy atom. The number of hydrogen-bond donors (Lipinski definition) is 4.